The zero-order valence-corrected chi connectivity index (χ0v) is 17.4. The Morgan fingerprint density at radius 2 is 1.54 bits per heavy atom. The maximum atomic E-state index is 5.59. The van der Waals surface area contributed by atoms with Gasteiger partial charge < -0.3 is 29.3 Å². The Bertz CT molecular complexity index is 790. The van der Waals surface area contributed by atoms with Crippen LogP contribution in [0.2, 0.25) is 0 Å². The highest BCUT2D eigenvalue weighted by atomic mass is 32.1. The summed E-state index contributed by atoms with van der Waals surface area (Å²) in [6.45, 7) is 4.20. The predicted molar refractivity (Wildman–Crippen MR) is 116 cm³/mol. The van der Waals surface area contributed by atoms with E-state index in [2.05, 4.69) is 15.1 Å². The maximum Gasteiger partial charge on any atom is 0.169 e. The van der Waals surface area contributed by atoms with Gasteiger partial charge in [0.1, 0.15) is 17.2 Å². The van der Waals surface area contributed by atoms with Crippen LogP contribution < -0.4 is 24.4 Å². The van der Waals surface area contributed by atoms with Gasteiger partial charge >= 0.3 is 0 Å². The van der Waals surface area contributed by atoms with E-state index >= 15 is 0 Å². The number of hydrogen-bond acceptors (Lipinski definition) is 5. The molecule has 0 bridgehead atoms. The van der Waals surface area contributed by atoms with Crippen molar-refractivity contribution < 1.29 is 14.2 Å². The summed E-state index contributed by atoms with van der Waals surface area (Å²) >= 11 is 5.59. The van der Waals surface area contributed by atoms with E-state index in [9.17, 15) is 0 Å². The van der Waals surface area contributed by atoms with E-state index in [4.69, 9.17) is 26.4 Å². The molecule has 1 aliphatic rings. The molecule has 0 atom stereocenters. The molecule has 1 N–H and O–H groups in total. The predicted octanol–water partition coefficient (Wildman–Crippen LogP) is 2.91. The first-order chi connectivity index (χ1) is 13.6. The number of nitrogens with zero attached hydrogens (tertiary/aromatic N) is 2. The molecule has 2 aromatic rings. The SMILES string of the molecule is COc1ccc(CNC(=S)N2CCN(c3ccc(OC)cc3OC)CC2)cc1. The highest BCUT2D eigenvalue weighted by Crippen LogP contribution is 2.32. The van der Waals surface area contributed by atoms with Crippen molar-refractivity contribution in [3.63, 3.8) is 0 Å². The molecule has 1 aliphatic heterocycles. The summed E-state index contributed by atoms with van der Waals surface area (Å²) < 4.78 is 16.0. The van der Waals surface area contributed by atoms with E-state index in [1.54, 1.807) is 21.3 Å². The Hall–Kier alpha value is -2.67. The number of benzene rings is 2. The van der Waals surface area contributed by atoms with E-state index in [1.165, 1.54) is 5.56 Å². The molecule has 28 heavy (non-hydrogen) atoms. The van der Waals surface area contributed by atoms with Gasteiger partial charge in [-0.15, -0.1) is 0 Å². The summed E-state index contributed by atoms with van der Waals surface area (Å²) in [5.74, 6) is 2.48. The van der Waals surface area contributed by atoms with Crippen molar-refractivity contribution in [1.82, 2.24) is 10.2 Å². The second kappa shape index (κ2) is 9.50. The van der Waals surface area contributed by atoms with Crippen LogP contribution in [-0.4, -0.2) is 57.5 Å². The van der Waals surface area contributed by atoms with Gasteiger partial charge in [0.25, 0.3) is 0 Å². The quantitative estimate of drug-likeness (QED) is 0.747. The van der Waals surface area contributed by atoms with Gasteiger partial charge in [0.15, 0.2) is 5.11 Å². The third-order valence-corrected chi connectivity index (χ3v) is 5.30. The van der Waals surface area contributed by atoms with Crippen LogP contribution >= 0.6 is 12.2 Å². The van der Waals surface area contributed by atoms with E-state index in [0.29, 0.717) is 6.54 Å². The lowest BCUT2D eigenvalue weighted by atomic mass is 10.2. The third kappa shape index (κ3) is 4.78. The van der Waals surface area contributed by atoms with Gasteiger partial charge in [-0.1, -0.05) is 12.1 Å². The van der Waals surface area contributed by atoms with Crippen molar-refractivity contribution in [1.29, 1.82) is 0 Å². The zero-order chi connectivity index (χ0) is 19.9. The molecule has 0 aromatic heterocycles. The van der Waals surface area contributed by atoms with Crippen molar-refractivity contribution in [3.05, 3.63) is 48.0 Å². The lowest BCUT2D eigenvalue weighted by Gasteiger charge is -2.38. The summed E-state index contributed by atoms with van der Waals surface area (Å²) in [4.78, 5) is 4.53. The molecule has 0 radical (unpaired) electrons. The normalized spacial score (nSPS) is 13.8. The molecule has 150 valence electrons. The summed E-state index contributed by atoms with van der Waals surface area (Å²) in [6.07, 6.45) is 0. The van der Waals surface area contributed by atoms with Crippen LogP contribution in [0, 0.1) is 0 Å². The highest BCUT2D eigenvalue weighted by molar-refractivity contribution is 7.80. The Balaban J connectivity index is 1.52. The van der Waals surface area contributed by atoms with E-state index in [1.807, 2.05) is 42.5 Å². The van der Waals surface area contributed by atoms with Crippen LogP contribution in [0.15, 0.2) is 42.5 Å². The molecule has 2 aromatic carbocycles. The third-order valence-electron chi connectivity index (χ3n) is 4.90. The largest absolute Gasteiger partial charge is 0.497 e. The first-order valence-electron chi connectivity index (χ1n) is 9.27. The van der Waals surface area contributed by atoms with E-state index < -0.39 is 0 Å². The van der Waals surface area contributed by atoms with Gasteiger partial charge in [0.2, 0.25) is 0 Å². The van der Waals surface area contributed by atoms with Gasteiger partial charge in [-0.25, -0.2) is 0 Å². The summed E-state index contributed by atoms with van der Waals surface area (Å²) in [6, 6.07) is 13.9. The number of methoxy groups -OCH3 is 3. The molecular formula is C21H27N3O3S. The fourth-order valence-electron chi connectivity index (χ4n) is 3.23. The molecule has 0 amide bonds. The number of nitrogens with one attached hydrogen (secondary N) is 1. The molecular weight excluding hydrogens is 374 g/mol. The minimum absolute atomic E-state index is 0.704. The Morgan fingerprint density at radius 1 is 0.893 bits per heavy atom. The molecule has 0 spiro atoms. The molecule has 6 nitrogen and oxygen atoms in total. The standard InChI is InChI=1S/C21H27N3O3S/c1-25-17-6-4-16(5-7-17)15-22-21(28)24-12-10-23(11-13-24)19-9-8-18(26-2)14-20(19)27-3/h4-9,14H,10-13,15H2,1-3H3,(H,22,28). The fourth-order valence-corrected chi connectivity index (χ4v) is 3.48. The van der Waals surface area contributed by atoms with Gasteiger partial charge in [-0.05, 0) is 42.0 Å². The Kier molecular flexibility index (Phi) is 6.81. The molecule has 3 rings (SSSR count). The lowest BCUT2D eigenvalue weighted by molar-refractivity contribution is 0.371. The topological polar surface area (TPSA) is 46.2 Å². The van der Waals surface area contributed by atoms with Crippen molar-refractivity contribution >= 4 is 23.0 Å². The van der Waals surface area contributed by atoms with Crippen molar-refractivity contribution in [3.8, 4) is 17.2 Å². The molecule has 0 aliphatic carbocycles. The number of piperazine rings is 1. The van der Waals surface area contributed by atoms with Gasteiger partial charge in [-0.3, -0.25) is 0 Å². The number of ether oxygens (including phenoxy) is 3. The highest BCUT2D eigenvalue weighted by Gasteiger charge is 2.21. The number of hydrogen-bond donors (Lipinski definition) is 1. The van der Waals surface area contributed by atoms with E-state index in [-0.39, 0.29) is 0 Å². The van der Waals surface area contributed by atoms with Crippen molar-refractivity contribution in [2.24, 2.45) is 0 Å². The van der Waals surface area contributed by atoms with E-state index in [0.717, 1.165) is 54.2 Å². The van der Waals surface area contributed by atoms with Crippen LogP contribution in [0.5, 0.6) is 17.2 Å². The van der Waals surface area contributed by atoms with Crippen LogP contribution in [0.4, 0.5) is 5.69 Å². The maximum absolute atomic E-state index is 5.59. The minimum Gasteiger partial charge on any atom is -0.497 e. The van der Waals surface area contributed by atoms with Gasteiger partial charge in [0, 0.05) is 38.8 Å². The average molecular weight is 402 g/mol. The lowest BCUT2D eigenvalue weighted by Crippen LogP contribution is -2.51. The first-order valence-corrected chi connectivity index (χ1v) is 9.68. The summed E-state index contributed by atoms with van der Waals surface area (Å²) in [7, 11) is 5.02. The molecule has 1 saturated heterocycles. The van der Waals surface area contributed by atoms with Crippen LogP contribution in [0.3, 0.4) is 0 Å². The van der Waals surface area contributed by atoms with Gasteiger partial charge in [0.05, 0.1) is 27.0 Å². The average Bonchev–Trinajstić information content (AvgIpc) is 2.77. The molecule has 0 saturated carbocycles. The fraction of sp³-hybridized carbons (Fsp3) is 0.381. The Labute approximate surface area is 172 Å². The second-order valence-electron chi connectivity index (χ2n) is 6.52. The minimum atomic E-state index is 0.704. The number of rotatable bonds is 6. The smallest absolute Gasteiger partial charge is 0.169 e. The van der Waals surface area contributed by atoms with Crippen molar-refractivity contribution in [2.75, 3.05) is 52.4 Å². The molecule has 0 unspecified atom stereocenters. The second-order valence-corrected chi connectivity index (χ2v) is 6.91. The van der Waals surface area contributed by atoms with Crippen LogP contribution in [-0.2, 0) is 6.54 Å². The first kappa shape index (κ1) is 20.1. The van der Waals surface area contributed by atoms with Crippen LogP contribution in [0.1, 0.15) is 5.56 Å². The molecule has 7 heteroatoms. The molecule has 1 heterocycles. The van der Waals surface area contributed by atoms with Crippen LogP contribution in [0.25, 0.3) is 0 Å². The molecule has 1 fully saturated rings. The number of anilines is 1. The Morgan fingerprint density at radius 3 is 2.14 bits per heavy atom. The number of thiocarbonyl (C=S) groups is 1. The van der Waals surface area contributed by atoms with Crippen molar-refractivity contribution in [2.45, 2.75) is 6.54 Å². The summed E-state index contributed by atoms with van der Waals surface area (Å²) in [5, 5.41) is 4.14. The van der Waals surface area contributed by atoms with Gasteiger partial charge in [-0.2, -0.15) is 0 Å². The monoisotopic (exact) mass is 401 g/mol. The zero-order valence-electron chi connectivity index (χ0n) is 16.6. The summed E-state index contributed by atoms with van der Waals surface area (Å²) in [5.41, 5.74) is 2.25.